The number of halogens is 3. The van der Waals surface area contributed by atoms with Crippen LogP contribution in [-0.4, -0.2) is 50.6 Å². The van der Waals surface area contributed by atoms with Crippen LogP contribution in [0.15, 0.2) is 30.3 Å². The molecule has 0 saturated heterocycles. The summed E-state index contributed by atoms with van der Waals surface area (Å²) in [6, 6.07) is 5.63. The van der Waals surface area contributed by atoms with Crippen LogP contribution < -0.4 is 9.83 Å². The van der Waals surface area contributed by atoms with E-state index in [1.807, 2.05) is 0 Å². The number of carboxylic acids is 1. The van der Waals surface area contributed by atoms with E-state index in [-0.39, 0.29) is 0 Å². The highest BCUT2D eigenvalue weighted by Gasteiger charge is 2.47. The lowest BCUT2D eigenvalue weighted by molar-refractivity contribution is -0.308. The first-order valence-electron chi connectivity index (χ1n) is 13.1. The maximum absolute atomic E-state index is 12.1. The van der Waals surface area contributed by atoms with Gasteiger partial charge in [0.1, 0.15) is 0 Å². The van der Waals surface area contributed by atoms with Crippen molar-refractivity contribution in [2.24, 2.45) is 0 Å². The predicted molar refractivity (Wildman–Crippen MR) is 143 cm³/mol. The molecule has 5 nitrogen and oxygen atoms in total. The Labute approximate surface area is 217 Å². The largest absolute Gasteiger partial charge is 0.548 e. The molecule has 36 heavy (non-hydrogen) atoms. The van der Waals surface area contributed by atoms with Crippen molar-refractivity contribution in [3.63, 3.8) is 0 Å². The highest BCUT2D eigenvalue weighted by atomic mass is 32.2. The third-order valence-corrected chi connectivity index (χ3v) is 12.4. The van der Waals surface area contributed by atoms with Gasteiger partial charge in [0.05, 0.1) is 36.7 Å². The maximum Gasteiger partial charge on any atom is 0.511 e. The number of aliphatic carboxylic acids is 1. The fourth-order valence-electron chi connectivity index (χ4n) is 3.92. The monoisotopic (exact) mass is 555 g/mol. The van der Waals surface area contributed by atoms with Gasteiger partial charge in [0.25, 0.3) is 0 Å². The predicted octanol–water partition coefficient (Wildman–Crippen LogP) is 5.99. The topological polar surface area (TPSA) is 86.3 Å². The molecule has 0 aliphatic heterocycles. The van der Waals surface area contributed by atoms with E-state index in [9.17, 15) is 31.5 Å². The zero-order chi connectivity index (χ0) is 27.7. The van der Waals surface area contributed by atoms with E-state index in [4.69, 9.17) is 0 Å². The van der Waals surface area contributed by atoms with Crippen LogP contribution in [0.5, 0.6) is 0 Å². The van der Waals surface area contributed by atoms with Crippen molar-refractivity contribution >= 4 is 23.3 Å². The Kier molecular flexibility index (Phi) is 17.5. The maximum atomic E-state index is 12.1. The third kappa shape index (κ3) is 13.9. The summed E-state index contributed by atoms with van der Waals surface area (Å²) >= 11 is 0. The van der Waals surface area contributed by atoms with E-state index in [1.54, 1.807) is 42.8 Å². The summed E-state index contributed by atoms with van der Waals surface area (Å²) in [7, 11) is -6.30. The number of carbonyl (C=O) groups excluding carboxylic acids is 1. The van der Waals surface area contributed by atoms with Crippen molar-refractivity contribution < 1.29 is 31.5 Å². The second-order valence-electron chi connectivity index (χ2n) is 9.28. The average molecular weight is 556 g/mol. The highest BCUT2D eigenvalue weighted by molar-refractivity contribution is 7.90. The molecule has 0 fully saturated rings. The quantitative estimate of drug-likeness (QED) is 0.239. The number of carbonyl (C=O) groups is 1. The van der Waals surface area contributed by atoms with Gasteiger partial charge in [-0.15, -0.1) is 0 Å². The molecule has 0 spiro atoms. The number of rotatable bonds is 17. The normalized spacial score (nSPS) is 13.1. The number of alkyl halides is 3. The van der Waals surface area contributed by atoms with Gasteiger partial charge in [-0.1, -0.05) is 83.7 Å². The molecule has 0 heterocycles. The minimum atomic E-state index is -5.73. The van der Waals surface area contributed by atoms with Gasteiger partial charge < -0.3 is 9.90 Å². The van der Waals surface area contributed by atoms with Crippen LogP contribution in [0.4, 0.5) is 13.2 Å². The Morgan fingerprint density at radius 1 is 0.861 bits per heavy atom. The van der Waals surface area contributed by atoms with Gasteiger partial charge in [-0.3, -0.25) is 0 Å². The average Bonchev–Trinajstić information content (AvgIpc) is 2.83. The van der Waals surface area contributed by atoms with Gasteiger partial charge in [0.2, 0.25) is 0 Å². The van der Waals surface area contributed by atoms with Crippen LogP contribution >= 0.6 is 7.26 Å². The summed E-state index contributed by atoms with van der Waals surface area (Å²) in [5.41, 5.74) is -5.21. The Morgan fingerprint density at radius 2 is 1.25 bits per heavy atom. The summed E-state index contributed by atoms with van der Waals surface area (Å²) in [6.07, 6.45) is 17.5. The number of benzene rings is 1. The molecule has 1 atom stereocenters. The molecule has 0 amide bonds. The van der Waals surface area contributed by atoms with E-state index in [0.29, 0.717) is 5.56 Å². The van der Waals surface area contributed by atoms with Gasteiger partial charge >= 0.3 is 15.5 Å². The molecule has 1 N–H and O–H groups in total. The van der Waals surface area contributed by atoms with E-state index in [0.717, 1.165) is 4.72 Å². The molecular formula is C26H45F3NO4PS. The van der Waals surface area contributed by atoms with Gasteiger partial charge in [-0.2, -0.15) is 17.9 Å². The number of hydrogen-bond acceptors (Lipinski definition) is 4. The van der Waals surface area contributed by atoms with Crippen LogP contribution in [0.3, 0.4) is 0 Å². The molecule has 1 aromatic rings. The number of nitrogens with one attached hydrogen (secondary N) is 1. The first-order valence-corrected chi connectivity index (χ1v) is 17.1. The lowest BCUT2D eigenvalue weighted by Crippen LogP contribution is -2.52. The van der Waals surface area contributed by atoms with E-state index < -0.39 is 41.2 Å². The third-order valence-electron chi connectivity index (χ3n) is 6.11. The summed E-state index contributed by atoms with van der Waals surface area (Å²) in [4.78, 5) is 10.7. The van der Waals surface area contributed by atoms with Gasteiger partial charge in [-0.05, 0) is 37.7 Å². The van der Waals surface area contributed by atoms with Gasteiger partial charge in [-0.25, -0.2) is 8.42 Å². The van der Waals surface area contributed by atoms with Crippen molar-refractivity contribution in [1.29, 1.82) is 0 Å². The van der Waals surface area contributed by atoms with Crippen molar-refractivity contribution in [3.8, 4) is 0 Å². The molecule has 10 heteroatoms. The molecular weight excluding hydrogens is 510 g/mol. The molecule has 210 valence electrons. The summed E-state index contributed by atoms with van der Waals surface area (Å²) in [5.74, 6) is -1.93. The summed E-state index contributed by atoms with van der Waals surface area (Å²) in [5, 5.41) is 10.7. The SMILES string of the molecule is CCCC[P+](CCCC)(CCCC)CCCC.O=C([O-])[C@H](Cc1ccccc1)NS(=O)(=O)C(F)(F)F. The van der Waals surface area contributed by atoms with Crippen LogP contribution in [0, 0.1) is 0 Å². The fourth-order valence-corrected chi connectivity index (χ4v) is 9.90. The van der Waals surface area contributed by atoms with Crippen molar-refractivity contribution in [1.82, 2.24) is 4.72 Å². The highest BCUT2D eigenvalue weighted by Crippen LogP contribution is 2.61. The summed E-state index contributed by atoms with van der Waals surface area (Å²) in [6.45, 7) is 9.42. The van der Waals surface area contributed by atoms with Gasteiger partial charge in [0, 0.05) is 7.26 Å². The first kappa shape index (κ1) is 34.8. The summed E-state index contributed by atoms with van der Waals surface area (Å²) < 4.78 is 59.1. The van der Waals surface area contributed by atoms with Gasteiger partial charge in [0.15, 0.2) is 0 Å². The molecule has 0 bridgehead atoms. The van der Waals surface area contributed by atoms with E-state index in [2.05, 4.69) is 27.7 Å². The van der Waals surface area contributed by atoms with Crippen LogP contribution in [0.2, 0.25) is 0 Å². The lowest BCUT2D eigenvalue weighted by atomic mass is 10.1. The Morgan fingerprint density at radius 3 is 1.56 bits per heavy atom. The minimum Gasteiger partial charge on any atom is -0.548 e. The standard InChI is InChI=1S/C16H36P.C10H10F3NO4S/c1-5-9-13-17(14-10-6-2,15-11-7-3)16-12-8-4;11-10(12,13)19(17,18)14-8(9(15)16)6-7-4-2-1-3-5-7/h5-16H2,1-4H3;1-5,8,14H,6H2,(H,15,16)/q+1;/p-1/t;8-/m.0/s1. The van der Waals surface area contributed by atoms with Crippen LogP contribution in [0.1, 0.15) is 84.6 Å². The van der Waals surface area contributed by atoms with Crippen LogP contribution in [0.25, 0.3) is 0 Å². The Bertz CT molecular complexity index is 783. The number of sulfonamides is 1. The second-order valence-corrected chi connectivity index (χ2v) is 15.5. The molecule has 0 unspecified atom stereocenters. The molecule has 1 rings (SSSR count). The van der Waals surface area contributed by atoms with E-state index >= 15 is 0 Å². The van der Waals surface area contributed by atoms with Crippen molar-refractivity contribution in [2.75, 3.05) is 24.6 Å². The molecule has 0 aliphatic rings. The molecule has 0 radical (unpaired) electrons. The zero-order valence-electron chi connectivity index (χ0n) is 22.3. The molecule has 0 aliphatic carbocycles. The Balaban J connectivity index is 0.000000686. The van der Waals surface area contributed by atoms with E-state index in [1.165, 1.54) is 63.5 Å². The molecule has 1 aromatic carbocycles. The zero-order valence-corrected chi connectivity index (χ0v) is 24.0. The van der Waals surface area contributed by atoms with Crippen LogP contribution in [-0.2, 0) is 21.2 Å². The first-order chi connectivity index (χ1) is 16.9. The minimum absolute atomic E-state index is 0.363. The van der Waals surface area contributed by atoms with Crippen molar-refractivity contribution in [3.05, 3.63) is 35.9 Å². The fraction of sp³-hybridized carbons (Fsp3) is 0.731. The Hall–Kier alpha value is -1.18. The van der Waals surface area contributed by atoms with Crippen molar-refractivity contribution in [2.45, 2.75) is 97.0 Å². The molecule has 0 saturated carbocycles. The number of hydrogen-bond donors (Lipinski definition) is 1. The number of carboxylic acid groups (broad SMARTS) is 1. The second kappa shape index (κ2) is 18.1. The molecule has 0 aromatic heterocycles. The number of unbranched alkanes of at least 4 members (excludes halogenated alkanes) is 4. The lowest BCUT2D eigenvalue weighted by Gasteiger charge is -2.28. The smallest absolute Gasteiger partial charge is 0.511 e.